The molecular weight excluding hydrogens is 430 g/mol. The molecule has 8 nitrogen and oxygen atoms in total. The van der Waals surface area contributed by atoms with Gasteiger partial charge < -0.3 is 23.5 Å². The van der Waals surface area contributed by atoms with Crippen LogP contribution in [0.15, 0.2) is 73.4 Å². The number of imidazole rings is 1. The highest BCUT2D eigenvalue weighted by molar-refractivity contribution is 5.93. The van der Waals surface area contributed by atoms with Gasteiger partial charge in [-0.2, -0.15) is 0 Å². The summed E-state index contributed by atoms with van der Waals surface area (Å²) in [6.45, 7) is 1.86. The standard InChI is InChI=1S/C26H23N5O3/c1-32-12-13-33-19-2-4-23-22(15-19)26(29-17-28-23)31-10-6-18-14-20(3-5-24(18)31)34-21-7-9-30-11-8-27-25(30)16-21/h2-5,7-9,11,14-17H,6,10,12-13H2,1H3. The monoisotopic (exact) mass is 453 g/mol. The van der Waals surface area contributed by atoms with Crippen LogP contribution in [-0.4, -0.2) is 46.2 Å². The summed E-state index contributed by atoms with van der Waals surface area (Å²) in [6, 6.07) is 16.0. The van der Waals surface area contributed by atoms with Gasteiger partial charge in [0, 0.05) is 49.4 Å². The molecule has 1 aliphatic heterocycles. The largest absolute Gasteiger partial charge is 0.491 e. The summed E-state index contributed by atoms with van der Waals surface area (Å²) in [5.74, 6) is 3.21. The van der Waals surface area contributed by atoms with Crippen molar-refractivity contribution in [2.45, 2.75) is 6.42 Å². The van der Waals surface area contributed by atoms with E-state index in [4.69, 9.17) is 14.2 Å². The van der Waals surface area contributed by atoms with Crippen LogP contribution in [-0.2, 0) is 11.2 Å². The van der Waals surface area contributed by atoms with E-state index in [2.05, 4.69) is 32.0 Å². The normalized spacial score (nSPS) is 12.9. The van der Waals surface area contributed by atoms with Gasteiger partial charge in [-0.25, -0.2) is 15.0 Å². The van der Waals surface area contributed by atoms with Gasteiger partial charge >= 0.3 is 0 Å². The molecular formula is C26H23N5O3. The Balaban J connectivity index is 1.28. The number of benzene rings is 2. The van der Waals surface area contributed by atoms with Gasteiger partial charge in [0.25, 0.3) is 0 Å². The summed E-state index contributed by atoms with van der Waals surface area (Å²) in [6.07, 6.45) is 8.15. The zero-order valence-corrected chi connectivity index (χ0v) is 18.7. The second-order valence-corrected chi connectivity index (χ2v) is 8.07. The van der Waals surface area contributed by atoms with Crippen molar-refractivity contribution >= 4 is 28.1 Å². The maximum Gasteiger partial charge on any atom is 0.144 e. The van der Waals surface area contributed by atoms with Crippen molar-refractivity contribution in [1.29, 1.82) is 0 Å². The number of pyridine rings is 1. The van der Waals surface area contributed by atoms with E-state index < -0.39 is 0 Å². The van der Waals surface area contributed by atoms with Gasteiger partial charge in [-0.1, -0.05) is 0 Å². The van der Waals surface area contributed by atoms with Gasteiger partial charge in [-0.05, 0) is 54.4 Å². The van der Waals surface area contributed by atoms with Crippen molar-refractivity contribution in [2.75, 3.05) is 31.8 Å². The lowest BCUT2D eigenvalue weighted by atomic mass is 10.1. The minimum Gasteiger partial charge on any atom is -0.491 e. The SMILES string of the molecule is COCCOc1ccc2ncnc(N3CCc4cc(Oc5ccn6ccnc6c5)ccc43)c2c1. The molecule has 5 aromatic rings. The van der Waals surface area contributed by atoms with Crippen molar-refractivity contribution in [3.05, 3.63) is 79.0 Å². The van der Waals surface area contributed by atoms with E-state index in [0.29, 0.717) is 13.2 Å². The maximum atomic E-state index is 6.13. The quantitative estimate of drug-likeness (QED) is 0.328. The number of rotatable bonds is 7. The third kappa shape index (κ3) is 3.78. The van der Waals surface area contributed by atoms with Crippen LogP contribution in [0.5, 0.6) is 17.2 Å². The number of hydrogen-bond acceptors (Lipinski definition) is 7. The minimum absolute atomic E-state index is 0.494. The Hall–Kier alpha value is -4.17. The number of methoxy groups -OCH3 is 1. The van der Waals surface area contributed by atoms with Gasteiger partial charge in [-0.15, -0.1) is 0 Å². The predicted molar refractivity (Wildman–Crippen MR) is 129 cm³/mol. The molecule has 6 rings (SSSR count). The minimum atomic E-state index is 0.494. The Bertz CT molecular complexity index is 1480. The lowest BCUT2D eigenvalue weighted by Crippen LogP contribution is -2.15. The number of ether oxygens (including phenoxy) is 3. The topological polar surface area (TPSA) is 74.0 Å². The van der Waals surface area contributed by atoms with Crippen LogP contribution in [0.1, 0.15) is 5.56 Å². The third-order valence-electron chi connectivity index (χ3n) is 5.95. The summed E-state index contributed by atoms with van der Waals surface area (Å²) < 4.78 is 19.0. The van der Waals surface area contributed by atoms with Crippen LogP contribution in [0, 0.1) is 0 Å². The van der Waals surface area contributed by atoms with Crippen LogP contribution < -0.4 is 14.4 Å². The lowest BCUT2D eigenvalue weighted by molar-refractivity contribution is 0.146. The zero-order chi connectivity index (χ0) is 22.9. The molecule has 4 heterocycles. The van der Waals surface area contributed by atoms with E-state index in [1.165, 1.54) is 5.56 Å². The smallest absolute Gasteiger partial charge is 0.144 e. The second kappa shape index (κ2) is 8.64. The molecule has 0 aliphatic carbocycles. The van der Waals surface area contributed by atoms with Gasteiger partial charge in [-0.3, -0.25) is 0 Å². The Morgan fingerprint density at radius 3 is 2.74 bits per heavy atom. The molecule has 0 saturated heterocycles. The first-order valence-electron chi connectivity index (χ1n) is 11.2. The molecule has 3 aromatic heterocycles. The first-order valence-corrected chi connectivity index (χ1v) is 11.2. The fraction of sp³-hybridized carbons (Fsp3) is 0.192. The summed E-state index contributed by atoms with van der Waals surface area (Å²) in [5.41, 5.74) is 4.08. The Morgan fingerprint density at radius 2 is 1.79 bits per heavy atom. The van der Waals surface area contributed by atoms with Gasteiger partial charge in [0.05, 0.1) is 12.1 Å². The Labute approximate surface area is 196 Å². The molecule has 0 atom stereocenters. The molecule has 0 amide bonds. The molecule has 0 N–H and O–H groups in total. The number of aromatic nitrogens is 4. The number of hydrogen-bond donors (Lipinski definition) is 0. The fourth-order valence-electron chi connectivity index (χ4n) is 4.32. The van der Waals surface area contributed by atoms with Crippen molar-refractivity contribution < 1.29 is 14.2 Å². The summed E-state index contributed by atoms with van der Waals surface area (Å²) in [4.78, 5) is 15.6. The van der Waals surface area contributed by atoms with E-state index in [9.17, 15) is 0 Å². The average molecular weight is 454 g/mol. The first kappa shape index (κ1) is 20.4. The van der Waals surface area contributed by atoms with E-state index in [-0.39, 0.29) is 0 Å². The lowest BCUT2D eigenvalue weighted by Gasteiger charge is -2.20. The summed E-state index contributed by atoms with van der Waals surface area (Å²) >= 11 is 0. The molecule has 0 fully saturated rings. The van der Waals surface area contributed by atoms with Crippen LogP contribution in [0.3, 0.4) is 0 Å². The highest BCUT2D eigenvalue weighted by Crippen LogP contribution is 2.39. The Kier molecular flexibility index (Phi) is 5.20. The van der Waals surface area contributed by atoms with E-state index in [1.807, 2.05) is 53.2 Å². The average Bonchev–Trinajstić information content (AvgIpc) is 3.50. The molecule has 0 spiro atoms. The van der Waals surface area contributed by atoms with Crippen LogP contribution in [0.25, 0.3) is 16.6 Å². The van der Waals surface area contributed by atoms with E-state index >= 15 is 0 Å². The zero-order valence-electron chi connectivity index (χ0n) is 18.7. The maximum absolute atomic E-state index is 6.13. The molecule has 0 bridgehead atoms. The molecule has 0 saturated carbocycles. The van der Waals surface area contributed by atoms with Gasteiger partial charge in [0.1, 0.15) is 41.6 Å². The van der Waals surface area contributed by atoms with Crippen LogP contribution in [0.2, 0.25) is 0 Å². The van der Waals surface area contributed by atoms with E-state index in [1.54, 1.807) is 19.6 Å². The predicted octanol–water partition coefficient (Wildman–Crippen LogP) is 4.79. The van der Waals surface area contributed by atoms with Gasteiger partial charge in [0.15, 0.2) is 0 Å². The fourth-order valence-corrected chi connectivity index (χ4v) is 4.32. The van der Waals surface area contributed by atoms with Crippen molar-refractivity contribution in [1.82, 2.24) is 19.4 Å². The number of anilines is 2. The summed E-state index contributed by atoms with van der Waals surface area (Å²) in [7, 11) is 1.66. The third-order valence-corrected chi connectivity index (χ3v) is 5.95. The molecule has 170 valence electrons. The summed E-state index contributed by atoms with van der Waals surface area (Å²) in [5, 5.41) is 0.957. The van der Waals surface area contributed by atoms with E-state index in [0.717, 1.165) is 58.3 Å². The van der Waals surface area contributed by atoms with Crippen LogP contribution in [0.4, 0.5) is 11.5 Å². The number of fused-ring (bicyclic) bond motifs is 3. The van der Waals surface area contributed by atoms with Crippen molar-refractivity contribution in [3.8, 4) is 17.2 Å². The van der Waals surface area contributed by atoms with Crippen molar-refractivity contribution in [2.24, 2.45) is 0 Å². The molecule has 1 aliphatic rings. The molecule has 0 radical (unpaired) electrons. The highest BCUT2D eigenvalue weighted by atomic mass is 16.5. The Morgan fingerprint density at radius 1 is 0.882 bits per heavy atom. The molecule has 34 heavy (non-hydrogen) atoms. The molecule has 8 heteroatoms. The molecule has 2 aromatic carbocycles. The van der Waals surface area contributed by atoms with Crippen molar-refractivity contribution in [3.63, 3.8) is 0 Å². The highest BCUT2D eigenvalue weighted by Gasteiger charge is 2.24. The first-order chi connectivity index (χ1) is 16.8. The molecule has 0 unspecified atom stereocenters. The number of nitrogens with zero attached hydrogens (tertiary/aromatic N) is 5. The van der Waals surface area contributed by atoms with Crippen LogP contribution >= 0.6 is 0 Å². The second-order valence-electron chi connectivity index (χ2n) is 8.07. The van der Waals surface area contributed by atoms with Gasteiger partial charge in [0.2, 0.25) is 0 Å².